The summed E-state index contributed by atoms with van der Waals surface area (Å²) in [7, 11) is 0. The Hall–Kier alpha value is -2.09. The van der Waals surface area contributed by atoms with Gasteiger partial charge >= 0.3 is 0 Å². The first-order valence-electron chi connectivity index (χ1n) is 14.4. The molecule has 1 saturated carbocycles. The molecule has 0 radical (unpaired) electrons. The van der Waals surface area contributed by atoms with Crippen LogP contribution in [0.3, 0.4) is 0 Å². The number of benzene rings is 1. The van der Waals surface area contributed by atoms with Crippen LogP contribution in [0.25, 0.3) is 5.69 Å². The van der Waals surface area contributed by atoms with Crippen LogP contribution in [0.5, 0.6) is 0 Å². The van der Waals surface area contributed by atoms with Gasteiger partial charge in [-0.2, -0.15) is 5.10 Å². The van der Waals surface area contributed by atoms with Crippen molar-refractivity contribution in [2.45, 2.75) is 96.7 Å². The number of piperidine rings is 1. The molecule has 0 bridgehead atoms. The summed E-state index contributed by atoms with van der Waals surface area (Å²) in [5, 5.41) is 8.02. The second-order valence-electron chi connectivity index (χ2n) is 11.5. The Kier molecular flexibility index (Phi) is 10.9. The number of likely N-dealkylation sites (tertiary alicyclic amines) is 1. The third kappa shape index (κ3) is 6.31. The van der Waals surface area contributed by atoms with Gasteiger partial charge in [-0.25, -0.2) is 4.68 Å². The highest BCUT2D eigenvalue weighted by Gasteiger charge is 2.53. The van der Waals surface area contributed by atoms with Crippen molar-refractivity contribution in [2.75, 3.05) is 19.6 Å². The number of carbonyl (C=O) groups is 2. The van der Waals surface area contributed by atoms with E-state index < -0.39 is 5.54 Å². The summed E-state index contributed by atoms with van der Waals surface area (Å²) >= 11 is 0. The number of hydrogen-bond donors (Lipinski definition) is 1. The highest BCUT2D eigenvalue weighted by Crippen LogP contribution is 2.36. The largest absolute Gasteiger partial charge is 0.342 e. The van der Waals surface area contributed by atoms with E-state index in [-0.39, 0.29) is 42.7 Å². The summed E-state index contributed by atoms with van der Waals surface area (Å²) in [5.41, 5.74) is 3.83. The molecule has 3 fully saturated rings. The molecule has 1 aromatic carbocycles. The number of carbonyl (C=O) groups excluding carboxylic acids is 2. The fourth-order valence-corrected chi connectivity index (χ4v) is 6.87. The predicted molar refractivity (Wildman–Crippen MR) is 160 cm³/mol. The topological polar surface area (TPSA) is 70.5 Å². The molecule has 216 valence electrons. The summed E-state index contributed by atoms with van der Waals surface area (Å²) in [4.78, 5) is 31.7. The molecule has 1 N–H and O–H groups in total. The first kappa shape index (κ1) is 31.4. The van der Waals surface area contributed by atoms with Crippen LogP contribution in [-0.4, -0.2) is 62.6 Å². The van der Waals surface area contributed by atoms with Crippen molar-refractivity contribution in [1.82, 2.24) is 24.9 Å². The molecule has 2 saturated heterocycles. The summed E-state index contributed by atoms with van der Waals surface area (Å²) < 4.78 is 2.03. The van der Waals surface area contributed by atoms with Gasteiger partial charge in [0.15, 0.2) is 0 Å². The van der Waals surface area contributed by atoms with Gasteiger partial charge in [0.05, 0.1) is 11.4 Å². The lowest BCUT2D eigenvalue weighted by atomic mass is 9.79. The maximum absolute atomic E-state index is 13.7. The van der Waals surface area contributed by atoms with Crippen LogP contribution in [0.4, 0.5) is 0 Å². The molecular weight excluding hydrogens is 533 g/mol. The van der Waals surface area contributed by atoms with Crippen LogP contribution < -0.4 is 5.32 Å². The molecule has 39 heavy (non-hydrogen) atoms. The van der Waals surface area contributed by atoms with Crippen LogP contribution in [0.15, 0.2) is 30.3 Å². The Bertz CT molecular complexity index is 1110. The van der Waals surface area contributed by atoms with Crippen molar-refractivity contribution in [3.63, 3.8) is 0 Å². The number of hydrogen-bond acceptors (Lipinski definition) is 4. The number of aromatic nitrogens is 2. The second kappa shape index (κ2) is 13.5. The van der Waals surface area contributed by atoms with E-state index in [0.717, 1.165) is 49.6 Å². The van der Waals surface area contributed by atoms with E-state index in [1.54, 1.807) is 0 Å². The summed E-state index contributed by atoms with van der Waals surface area (Å²) in [6.45, 7) is 9.39. The van der Waals surface area contributed by atoms with E-state index >= 15 is 0 Å². The molecule has 3 aliphatic rings. The van der Waals surface area contributed by atoms with Gasteiger partial charge in [0.2, 0.25) is 11.8 Å². The zero-order valence-electron chi connectivity index (χ0n) is 23.7. The van der Waals surface area contributed by atoms with Crippen molar-refractivity contribution < 1.29 is 9.59 Å². The van der Waals surface area contributed by atoms with Crippen LogP contribution in [-0.2, 0) is 16.1 Å². The number of aryl methyl sites for hydroxylation is 1. The van der Waals surface area contributed by atoms with Gasteiger partial charge in [0, 0.05) is 37.4 Å². The number of amides is 2. The highest BCUT2D eigenvalue weighted by atomic mass is 35.5. The van der Waals surface area contributed by atoms with Gasteiger partial charge in [-0.05, 0) is 57.6 Å². The first-order chi connectivity index (χ1) is 17.9. The standard InChI is InChI=1S/C30H43N5O2.2ClH/c1-4-17-34-28(36)27(20-24-11-7-5-8-12-24)31-29(37)30(34)15-18-33(19-16-30)21-26-22(2)32-35(23(26)3)25-13-9-6-10-14-25;;/h6,9-10,13-14,24,27H,4-5,7-8,11-12,15-21H2,1-3H3,(H,31,37);2*1H/t27-;;/m0../s1. The maximum atomic E-state index is 13.7. The smallest absolute Gasteiger partial charge is 0.246 e. The number of piperazine rings is 1. The van der Waals surface area contributed by atoms with Gasteiger partial charge in [-0.15, -0.1) is 24.8 Å². The van der Waals surface area contributed by atoms with Gasteiger partial charge in [-0.1, -0.05) is 57.2 Å². The van der Waals surface area contributed by atoms with Crippen molar-refractivity contribution in [3.8, 4) is 5.69 Å². The van der Waals surface area contributed by atoms with E-state index in [1.165, 1.54) is 37.7 Å². The zero-order valence-corrected chi connectivity index (χ0v) is 25.3. The van der Waals surface area contributed by atoms with E-state index in [4.69, 9.17) is 5.10 Å². The summed E-state index contributed by atoms with van der Waals surface area (Å²) in [6, 6.07) is 9.90. The molecule has 2 amide bonds. The fraction of sp³-hybridized carbons (Fsp3) is 0.633. The van der Waals surface area contributed by atoms with Gasteiger partial charge in [-0.3, -0.25) is 14.5 Å². The SMILES string of the molecule is CCCN1C(=O)[C@H](CC2CCCCC2)NC(=O)C12CCN(Cc1c(C)nn(-c3ccccc3)c1C)CC2.Cl.Cl. The number of halogens is 2. The van der Waals surface area contributed by atoms with Crippen LogP contribution in [0.2, 0.25) is 0 Å². The molecule has 2 aliphatic heterocycles. The summed E-state index contributed by atoms with van der Waals surface area (Å²) in [6.07, 6.45) is 9.23. The Morgan fingerprint density at radius 1 is 1.00 bits per heavy atom. The minimum Gasteiger partial charge on any atom is -0.342 e. The third-order valence-corrected chi connectivity index (χ3v) is 9.06. The van der Waals surface area contributed by atoms with Gasteiger partial charge in [0.1, 0.15) is 11.6 Å². The number of nitrogens with one attached hydrogen (secondary N) is 1. The maximum Gasteiger partial charge on any atom is 0.246 e. The molecular formula is C30H45Cl2N5O2. The van der Waals surface area contributed by atoms with Crippen LogP contribution in [0.1, 0.15) is 81.7 Å². The van der Waals surface area contributed by atoms with Crippen molar-refractivity contribution in [3.05, 3.63) is 47.3 Å². The molecule has 3 heterocycles. The number of nitrogens with zero attached hydrogens (tertiary/aromatic N) is 4. The average molecular weight is 579 g/mol. The molecule has 1 spiro atoms. The molecule has 0 unspecified atom stereocenters. The van der Waals surface area contributed by atoms with Gasteiger partial charge in [0.25, 0.3) is 0 Å². The molecule has 1 aromatic heterocycles. The number of rotatable bonds is 7. The molecule has 5 rings (SSSR count). The fourth-order valence-electron chi connectivity index (χ4n) is 6.87. The van der Waals surface area contributed by atoms with E-state index in [9.17, 15) is 9.59 Å². The second-order valence-corrected chi connectivity index (χ2v) is 11.5. The third-order valence-electron chi connectivity index (χ3n) is 9.06. The zero-order chi connectivity index (χ0) is 26.0. The van der Waals surface area contributed by atoms with Crippen molar-refractivity contribution in [1.29, 1.82) is 0 Å². The lowest BCUT2D eigenvalue weighted by molar-refractivity contribution is -0.162. The number of para-hydroxylation sites is 1. The molecule has 9 heteroatoms. The Balaban J connectivity index is 0.00000210. The summed E-state index contributed by atoms with van der Waals surface area (Å²) in [5.74, 6) is 0.784. The molecule has 1 atom stereocenters. The molecule has 7 nitrogen and oxygen atoms in total. The lowest BCUT2D eigenvalue weighted by Crippen LogP contribution is -2.73. The van der Waals surface area contributed by atoms with Gasteiger partial charge < -0.3 is 10.2 Å². The monoisotopic (exact) mass is 577 g/mol. The molecule has 1 aliphatic carbocycles. The first-order valence-corrected chi connectivity index (χ1v) is 14.4. The highest BCUT2D eigenvalue weighted by molar-refractivity contribution is 6.00. The van der Waals surface area contributed by atoms with Crippen LogP contribution in [0, 0.1) is 19.8 Å². The predicted octanol–water partition coefficient (Wildman–Crippen LogP) is 5.37. The quantitative estimate of drug-likeness (QED) is 0.480. The average Bonchev–Trinajstić information content (AvgIpc) is 3.20. The Morgan fingerprint density at radius 2 is 1.67 bits per heavy atom. The van der Waals surface area contributed by atoms with E-state index in [1.807, 2.05) is 27.8 Å². The normalized spacial score (nSPS) is 21.8. The van der Waals surface area contributed by atoms with Crippen molar-refractivity contribution in [2.24, 2.45) is 5.92 Å². The minimum absolute atomic E-state index is 0. The van der Waals surface area contributed by atoms with E-state index in [2.05, 4.69) is 43.1 Å². The molecule has 2 aromatic rings. The van der Waals surface area contributed by atoms with E-state index in [0.29, 0.717) is 25.3 Å². The lowest BCUT2D eigenvalue weighted by Gasteiger charge is -2.52. The van der Waals surface area contributed by atoms with Crippen molar-refractivity contribution >= 4 is 36.6 Å². The Labute approximate surface area is 245 Å². The Morgan fingerprint density at radius 3 is 2.31 bits per heavy atom. The minimum atomic E-state index is -0.703. The van der Waals surface area contributed by atoms with Crippen LogP contribution >= 0.6 is 24.8 Å².